The molecule has 0 aliphatic carbocycles. The number of carbonyl (C=O) groups is 4. The minimum atomic E-state index is -0.573. The Kier molecular flexibility index (Phi) is 10.8. The molecule has 0 spiro atoms. The van der Waals surface area contributed by atoms with Crippen molar-refractivity contribution in [2.45, 2.75) is 137 Å². The minimum absolute atomic E-state index is 0. The lowest BCUT2D eigenvalue weighted by atomic mass is 10.0. The fourth-order valence-corrected chi connectivity index (χ4v) is 4.23. The quantitative estimate of drug-likeness (QED) is 0.286. The summed E-state index contributed by atoms with van der Waals surface area (Å²) in [6.07, 6.45) is 2.89. The molecule has 0 aromatic carbocycles. The molecule has 0 bridgehead atoms. The molecule has 0 saturated carbocycles. The van der Waals surface area contributed by atoms with E-state index in [1.165, 1.54) is 12.0 Å². The van der Waals surface area contributed by atoms with Crippen molar-refractivity contribution in [2.24, 2.45) is 0 Å². The Balaban J connectivity index is 0.000000646. The summed E-state index contributed by atoms with van der Waals surface area (Å²) < 4.78 is 15.4. The fourth-order valence-electron chi connectivity index (χ4n) is 4.23. The second-order valence-corrected chi connectivity index (χ2v) is 12.1. The number of esters is 1. The second kappa shape index (κ2) is 11.6. The zero-order valence-electron chi connectivity index (χ0n) is 22.8. The van der Waals surface area contributed by atoms with Gasteiger partial charge in [0.15, 0.2) is 0 Å². The topological polar surface area (TPSA) is 102 Å². The summed E-state index contributed by atoms with van der Waals surface area (Å²) >= 11 is 0. The number of aldehydes is 1. The highest BCUT2D eigenvalue weighted by Crippen LogP contribution is 2.35. The van der Waals surface area contributed by atoms with E-state index in [0.717, 1.165) is 25.5 Å². The highest BCUT2D eigenvalue weighted by molar-refractivity contribution is 5.83. The van der Waals surface area contributed by atoms with Crippen LogP contribution >= 0.6 is 0 Å². The molecule has 2 heterocycles. The van der Waals surface area contributed by atoms with E-state index in [-0.39, 0.29) is 30.5 Å². The Morgan fingerprint density at radius 3 is 1.60 bits per heavy atom. The highest BCUT2D eigenvalue weighted by Gasteiger charge is 2.48. The van der Waals surface area contributed by atoms with Crippen LogP contribution in [-0.4, -0.2) is 75.7 Å². The lowest BCUT2D eigenvalue weighted by Gasteiger charge is -2.35. The molecule has 35 heavy (non-hydrogen) atoms. The molecule has 0 aromatic rings. The molecule has 9 nitrogen and oxygen atoms in total. The number of hydrogen-bond donors (Lipinski definition) is 0. The van der Waals surface area contributed by atoms with Crippen LogP contribution in [0.5, 0.6) is 0 Å². The second-order valence-electron chi connectivity index (χ2n) is 12.1. The first kappa shape index (κ1) is 32.7. The van der Waals surface area contributed by atoms with E-state index in [1.54, 1.807) is 25.7 Å². The van der Waals surface area contributed by atoms with E-state index in [4.69, 9.17) is 14.2 Å². The molecule has 2 saturated heterocycles. The summed E-state index contributed by atoms with van der Waals surface area (Å²) in [6, 6.07) is -0.885. The molecule has 0 N–H and O–H groups in total. The largest absolute Gasteiger partial charge is 0.467 e. The van der Waals surface area contributed by atoms with Crippen LogP contribution in [0, 0.1) is 0 Å². The molecule has 2 rings (SSSR count). The molecule has 0 aromatic heterocycles. The Morgan fingerprint density at radius 1 is 0.800 bits per heavy atom. The number of nitrogens with zero attached hydrogens (tertiary/aromatic N) is 2. The Bertz CT molecular complexity index is 763. The predicted octanol–water partition coefficient (Wildman–Crippen LogP) is 5.34. The van der Waals surface area contributed by atoms with E-state index in [0.29, 0.717) is 6.42 Å². The van der Waals surface area contributed by atoms with E-state index < -0.39 is 29.4 Å². The number of hydrogen-bond acceptors (Lipinski definition) is 7. The number of ether oxygens (including phenoxy) is 3. The third-order valence-electron chi connectivity index (χ3n) is 5.84. The van der Waals surface area contributed by atoms with Gasteiger partial charge < -0.3 is 19.0 Å². The molecular formula is C26H48N2O7. The predicted molar refractivity (Wildman–Crippen MR) is 135 cm³/mol. The molecule has 2 fully saturated rings. The van der Waals surface area contributed by atoms with Crippen LogP contribution in [0.3, 0.4) is 0 Å². The molecule has 204 valence electrons. The average Bonchev–Trinajstić information content (AvgIpc) is 3.13. The molecule has 2 atom stereocenters. The first-order valence-corrected chi connectivity index (χ1v) is 11.8. The van der Waals surface area contributed by atoms with Crippen LogP contribution in [0.1, 0.15) is 102 Å². The van der Waals surface area contributed by atoms with Crippen LogP contribution in [0.4, 0.5) is 9.59 Å². The van der Waals surface area contributed by atoms with Gasteiger partial charge in [-0.05, 0) is 94.9 Å². The molecule has 2 amide bonds. The van der Waals surface area contributed by atoms with Gasteiger partial charge in [0.05, 0.1) is 13.2 Å². The summed E-state index contributed by atoms with van der Waals surface area (Å²) in [5.74, 6) is -0.383. The third kappa shape index (κ3) is 9.00. The minimum Gasteiger partial charge on any atom is -0.467 e. The average molecular weight is 501 g/mol. The standard InChI is InChI=1S/C13H23NO4.C12H21NO3.CH4/c1-12(2,3)18-11(16)14-9(10(15)17-6)7-8-13(14,4)5;1-11(2,3)16-10(15)13-9(8-14)6-7-12(13,4)5;/h9H,7-8H2,1-6H3;8-9H,6-7H2,1-5H3;1H4. The van der Waals surface area contributed by atoms with Crippen LogP contribution in [0.25, 0.3) is 0 Å². The van der Waals surface area contributed by atoms with Gasteiger partial charge in [-0.25, -0.2) is 14.4 Å². The van der Waals surface area contributed by atoms with Gasteiger partial charge in [0, 0.05) is 11.1 Å². The summed E-state index contributed by atoms with van der Waals surface area (Å²) in [5, 5.41) is 0. The van der Waals surface area contributed by atoms with Gasteiger partial charge in [0.1, 0.15) is 23.5 Å². The molecule has 2 aliphatic rings. The first-order chi connectivity index (χ1) is 15.3. The van der Waals surface area contributed by atoms with Gasteiger partial charge in [-0.3, -0.25) is 9.80 Å². The molecule has 2 unspecified atom stereocenters. The monoisotopic (exact) mass is 500 g/mol. The van der Waals surface area contributed by atoms with E-state index in [9.17, 15) is 19.2 Å². The maximum atomic E-state index is 12.2. The molecule has 0 radical (unpaired) electrons. The zero-order chi connectivity index (χ0) is 26.7. The fraction of sp³-hybridized carbons (Fsp3) is 0.846. The summed E-state index contributed by atoms with van der Waals surface area (Å²) in [5.41, 5.74) is -1.78. The zero-order valence-corrected chi connectivity index (χ0v) is 22.8. The van der Waals surface area contributed by atoms with E-state index in [1.807, 2.05) is 48.5 Å². The van der Waals surface area contributed by atoms with Crippen LogP contribution in [0.2, 0.25) is 0 Å². The van der Waals surface area contributed by atoms with Crippen molar-refractivity contribution >= 4 is 24.4 Å². The van der Waals surface area contributed by atoms with Crippen molar-refractivity contribution in [3.05, 3.63) is 0 Å². The third-order valence-corrected chi connectivity index (χ3v) is 5.84. The van der Waals surface area contributed by atoms with Gasteiger partial charge in [-0.2, -0.15) is 0 Å². The molecular weight excluding hydrogens is 452 g/mol. The molecule has 9 heteroatoms. The summed E-state index contributed by atoms with van der Waals surface area (Å²) in [6.45, 7) is 18.7. The number of amides is 2. The van der Waals surface area contributed by atoms with Crippen molar-refractivity contribution in [3.63, 3.8) is 0 Å². The van der Waals surface area contributed by atoms with Crippen LogP contribution < -0.4 is 0 Å². The highest BCUT2D eigenvalue weighted by atomic mass is 16.6. The maximum absolute atomic E-state index is 12.2. The number of rotatable bonds is 2. The van der Waals surface area contributed by atoms with Crippen LogP contribution in [0.15, 0.2) is 0 Å². The van der Waals surface area contributed by atoms with Gasteiger partial charge >= 0.3 is 18.2 Å². The van der Waals surface area contributed by atoms with Crippen LogP contribution in [-0.2, 0) is 23.8 Å². The normalized spacial score (nSPS) is 22.8. The summed E-state index contributed by atoms with van der Waals surface area (Å²) in [4.78, 5) is 49.9. The van der Waals surface area contributed by atoms with Gasteiger partial charge in [-0.1, -0.05) is 7.43 Å². The van der Waals surface area contributed by atoms with Crippen molar-refractivity contribution < 1.29 is 33.4 Å². The number of carbonyl (C=O) groups excluding carboxylic acids is 4. The molecule has 2 aliphatic heterocycles. The first-order valence-electron chi connectivity index (χ1n) is 11.8. The van der Waals surface area contributed by atoms with Gasteiger partial charge in [0.2, 0.25) is 0 Å². The van der Waals surface area contributed by atoms with E-state index >= 15 is 0 Å². The Morgan fingerprint density at radius 2 is 1.20 bits per heavy atom. The van der Waals surface area contributed by atoms with Crippen molar-refractivity contribution in [1.29, 1.82) is 0 Å². The van der Waals surface area contributed by atoms with Gasteiger partial charge in [0.25, 0.3) is 0 Å². The number of methoxy groups -OCH3 is 1. The maximum Gasteiger partial charge on any atom is 0.411 e. The lowest BCUT2D eigenvalue weighted by Crippen LogP contribution is -2.51. The van der Waals surface area contributed by atoms with E-state index in [2.05, 4.69) is 0 Å². The SMILES string of the molecule is C.CC(C)(C)OC(=O)N1C(C=O)CCC1(C)C.COC(=O)C1CCC(C)(C)N1C(=O)OC(C)(C)C. The Hall–Kier alpha value is -2.32. The summed E-state index contributed by atoms with van der Waals surface area (Å²) in [7, 11) is 1.33. The Labute approximate surface area is 211 Å². The van der Waals surface area contributed by atoms with Crippen molar-refractivity contribution in [2.75, 3.05) is 7.11 Å². The smallest absolute Gasteiger partial charge is 0.411 e. The number of likely N-dealkylation sites (tertiary alicyclic amines) is 2. The van der Waals surface area contributed by atoms with Crippen molar-refractivity contribution in [3.8, 4) is 0 Å². The lowest BCUT2D eigenvalue weighted by molar-refractivity contribution is -0.146. The van der Waals surface area contributed by atoms with Gasteiger partial charge in [-0.15, -0.1) is 0 Å². The van der Waals surface area contributed by atoms with Crippen molar-refractivity contribution in [1.82, 2.24) is 9.80 Å².